The summed E-state index contributed by atoms with van der Waals surface area (Å²) < 4.78 is 0. The topological polar surface area (TPSA) is 84.2 Å². The maximum atomic E-state index is 12.3. The predicted molar refractivity (Wildman–Crippen MR) is 105 cm³/mol. The first-order valence-corrected chi connectivity index (χ1v) is 8.44. The molecule has 2 aromatic carbocycles. The maximum Gasteiger partial charge on any atom is 0.232 e. The summed E-state index contributed by atoms with van der Waals surface area (Å²) in [7, 11) is 0. The molecule has 2 amide bonds. The molecule has 0 aromatic heterocycles. The molecule has 0 fully saturated rings. The van der Waals surface area contributed by atoms with Crippen molar-refractivity contribution in [2.45, 2.75) is 39.3 Å². The summed E-state index contributed by atoms with van der Waals surface area (Å²) in [5.41, 5.74) is 11.6. The average Bonchev–Trinajstić information content (AvgIpc) is 2.89. The van der Waals surface area contributed by atoms with Crippen LogP contribution >= 0.6 is 12.4 Å². The van der Waals surface area contributed by atoms with Gasteiger partial charge in [0, 0.05) is 25.2 Å². The second-order valence-electron chi connectivity index (χ2n) is 6.59. The molecule has 0 aliphatic carbocycles. The summed E-state index contributed by atoms with van der Waals surface area (Å²) in [6, 6.07) is 11.8. The Morgan fingerprint density at radius 3 is 2.46 bits per heavy atom. The molecule has 0 saturated heterocycles. The summed E-state index contributed by atoms with van der Waals surface area (Å²) >= 11 is 0. The minimum atomic E-state index is -0.421. The number of halogens is 1. The van der Waals surface area contributed by atoms with Gasteiger partial charge in [0.2, 0.25) is 11.8 Å². The molecule has 6 heteroatoms. The van der Waals surface area contributed by atoms with Crippen LogP contribution in [0.2, 0.25) is 0 Å². The lowest BCUT2D eigenvalue weighted by molar-refractivity contribution is -0.125. The zero-order chi connectivity index (χ0) is 18.0. The van der Waals surface area contributed by atoms with Crippen molar-refractivity contribution in [1.29, 1.82) is 0 Å². The SMILES string of the molecule is Cc1cc(C)c2c(c1)NC(=O)C2CC(=O)NCc1ccc(CN)cc1.Cl. The third kappa shape index (κ3) is 4.23. The van der Waals surface area contributed by atoms with E-state index in [0.717, 1.165) is 33.5 Å². The smallest absolute Gasteiger partial charge is 0.232 e. The Hall–Kier alpha value is -2.37. The number of nitrogens with one attached hydrogen (secondary N) is 2. The van der Waals surface area contributed by atoms with E-state index in [1.54, 1.807) is 0 Å². The van der Waals surface area contributed by atoms with E-state index in [-0.39, 0.29) is 30.6 Å². The molecule has 1 unspecified atom stereocenters. The van der Waals surface area contributed by atoms with Crippen molar-refractivity contribution in [2.24, 2.45) is 5.73 Å². The number of carbonyl (C=O) groups is 2. The fourth-order valence-electron chi connectivity index (χ4n) is 3.34. The van der Waals surface area contributed by atoms with E-state index >= 15 is 0 Å². The van der Waals surface area contributed by atoms with Crippen LogP contribution in [0, 0.1) is 13.8 Å². The van der Waals surface area contributed by atoms with Gasteiger partial charge in [0.25, 0.3) is 0 Å². The van der Waals surface area contributed by atoms with Gasteiger partial charge in [-0.15, -0.1) is 12.4 Å². The third-order valence-corrected chi connectivity index (χ3v) is 4.59. The minimum absolute atomic E-state index is 0. The van der Waals surface area contributed by atoms with E-state index in [0.29, 0.717) is 13.1 Å². The van der Waals surface area contributed by atoms with Crippen LogP contribution in [-0.4, -0.2) is 11.8 Å². The van der Waals surface area contributed by atoms with Gasteiger partial charge in [-0.3, -0.25) is 9.59 Å². The molecule has 4 N–H and O–H groups in total. The van der Waals surface area contributed by atoms with Crippen molar-refractivity contribution < 1.29 is 9.59 Å². The standard InChI is InChI=1S/C20H23N3O2.ClH/c1-12-7-13(2)19-16(20(25)23-17(19)8-12)9-18(24)22-11-15-5-3-14(10-21)4-6-15;/h3-8,16H,9-11,21H2,1-2H3,(H,22,24)(H,23,25);1H. The summed E-state index contributed by atoms with van der Waals surface area (Å²) in [5, 5.41) is 5.79. The molecule has 0 saturated carbocycles. The molecule has 0 bridgehead atoms. The number of carbonyl (C=O) groups excluding carboxylic acids is 2. The number of fused-ring (bicyclic) bond motifs is 1. The van der Waals surface area contributed by atoms with Gasteiger partial charge in [0.05, 0.1) is 5.92 Å². The van der Waals surface area contributed by atoms with Crippen molar-refractivity contribution in [2.75, 3.05) is 5.32 Å². The zero-order valence-electron chi connectivity index (χ0n) is 15.0. The van der Waals surface area contributed by atoms with Gasteiger partial charge in [-0.25, -0.2) is 0 Å². The minimum Gasteiger partial charge on any atom is -0.352 e. The fraction of sp³-hybridized carbons (Fsp3) is 0.300. The normalized spacial score (nSPS) is 15.0. The Morgan fingerprint density at radius 2 is 1.81 bits per heavy atom. The van der Waals surface area contributed by atoms with Crippen LogP contribution in [-0.2, 0) is 22.7 Å². The molecule has 138 valence electrons. The number of aryl methyl sites for hydroxylation is 2. The summed E-state index contributed by atoms with van der Waals surface area (Å²) in [6.45, 7) is 4.92. The van der Waals surface area contributed by atoms with Crippen LogP contribution in [0.3, 0.4) is 0 Å². The first kappa shape index (κ1) is 19.9. The van der Waals surface area contributed by atoms with Gasteiger partial charge in [0.15, 0.2) is 0 Å². The molecule has 1 aliphatic rings. The Kier molecular flexibility index (Phi) is 6.40. The van der Waals surface area contributed by atoms with E-state index in [1.165, 1.54) is 0 Å². The van der Waals surface area contributed by atoms with Crippen molar-refractivity contribution in [3.8, 4) is 0 Å². The van der Waals surface area contributed by atoms with E-state index in [2.05, 4.69) is 10.6 Å². The highest BCUT2D eigenvalue weighted by Crippen LogP contribution is 2.37. The van der Waals surface area contributed by atoms with Gasteiger partial charge in [-0.05, 0) is 47.7 Å². The second kappa shape index (κ2) is 8.34. The van der Waals surface area contributed by atoms with Crippen molar-refractivity contribution in [1.82, 2.24) is 5.32 Å². The van der Waals surface area contributed by atoms with E-state index in [1.807, 2.05) is 50.2 Å². The van der Waals surface area contributed by atoms with Gasteiger partial charge in [-0.1, -0.05) is 30.3 Å². The molecule has 1 heterocycles. The molecule has 1 aliphatic heterocycles. The molecule has 3 rings (SSSR count). The zero-order valence-corrected chi connectivity index (χ0v) is 15.8. The Labute approximate surface area is 159 Å². The molecule has 5 nitrogen and oxygen atoms in total. The van der Waals surface area contributed by atoms with Crippen LogP contribution in [0.4, 0.5) is 5.69 Å². The van der Waals surface area contributed by atoms with Gasteiger partial charge >= 0.3 is 0 Å². The highest BCUT2D eigenvalue weighted by atomic mass is 35.5. The molecule has 1 atom stereocenters. The fourth-order valence-corrected chi connectivity index (χ4v) is 3.34. The number of hydrogen-bond acceptors (Lipinski definition) is 3. The quantitative estimate of drug-likeness (QED) is 0.753. The van der Waals surface area contributed by atoms with Crippen LogP contribution in [0.1, 0.15) is 40.2 Å². The number of hydrogen-bond donors (Lipinski definition) is 3. The summed E-state index contributed by atoms with van der Waals surface area (Å²) in [6.07, 6.45) is 0.156. The van der Waals surface area contributed by atoms with Gasteiger partial charge < -0.3 is 16.4 Å². The van der Waals surface area contributed by atoms with Crippen LogP contribution < -0.4 is 16.4 Å². The van der Waals surface area contributed by atoms with E-state index in [9.17, 15) is 9.59 Å². The third-order valence-electron chi connectivity index (χ3n) is 4.59. The molecular weight excluding hydrogens is 350 g/mol. The van der Waals surface area contributed by atoms with Crippen molar-refractivity contribution in [3.63, 3.8) is 0 Å². The monoisotopic (exact) mass is 373 g/mol. The maximum absolute atomic E-state index is 12.3. The van der Waals surface area contributed by atoms with Crippen molar-refractivity contribution in [3.05, 3.63) is 64.2 Å². The lowest BCUT2D eigenvalue weighted by Gasteiger charge is -2.12. The van der Waals surface area contributed by atoms with Crippen LogP contribution in [0.15, 0.2) is 36.4 Å². The second-order valence-corrected chi connectivity index (χ2v) is 6.59. The number of rotatable bonds is 5. The highest BCUT2D eigenvalue weighted by molar-refractivity contribution is 6.05. The lowest BCUT2D eigenvalue weighted by Crippen LogP contribution is -2.26. The van der Waals surface area contributed by atoms with Crippen LogP contribution in [0.25, 0.3) is 0 Å². The molecule has 0 spiro atoms. The molecule has 2 aromatic rings. The Balaban J connectivity index is 0.00000243. The molecular formula is C20H24ClN3O2. The lowest BCUT2D eigenvalue weighted by atomic mass is 9.92. The van der Waals surface area contributed by atoms with Crippen LogP contribution in [0.5, 0.6) is 0 Å². The number of amides is 2. The van der Waals surface area contributed by atoms with E-state index < -0.39 is 5.92 Å². The Bertz CT molecular complexity index is 819. The first-order chi connectivity index (χ1) is 12.0. The first-order valence-electron chi connectivity index (χ1n) is 8.44. The number of benzene rings is 2. The molecule has 26 heavy (non-hydrogen) atoms. The van der Waals surface area contributed by atoms with Crippen molar-refractivity contribution >= 4 is 29.9 Å². The summed E-state index contributed by atoms with van der Waals surface area (Å²) in [4.78, 5) is 24.6. The number of anilines is 1. The highest BCUT2D eigenvalue weighted by Gasteiger charge is 2.33. The predicted octanol–water partition coefficient (Wildman–Crippen LogP) is 2.93. The Morgan fingerprint density at radius 1 is 1.15 bits per heavy atom. The summed E-state index contributed by atoms with van der Waals surface area (Å²) in [5.74, 6) is -0.655. The number of nitrogens with two attached hydrogens (primary N) is 1. The van der Waals surface area contributed by atoms with Gasteiger partial charge in [0.1, 0.15) is 0 Å². The average molecular weight is 374 g/mol. The van der Waals surface area contributed by atoms with E-state index in [4.69, 9.17) is 5.73 Å². The van der Waals surface area contributed by atoms with Gasteiger partial charge in [-0.2, -0.15) is 0 Å². The largest absolute Gasteiger partial charge is 0.352 e. The molecule has 0 radical (unpaired) electrons.